The molecule has 0 heterocycles. The summed E-state index contributed by atoms with van der Waals surface area (Å²) < 4.78 is 0. The summed E-state index contributed by atoms with van der Waals surface area (Å²) in [6.45, 7) is 5.58. The molecule has 0 aliphatic heterocycles. The first kappa shape index (κ1) is 15.6. The zero-order valence-electron chi connectivity index (χ0n) is 11.4. The zero-order valence-corrected chi connectivity index (χ0v) is 12.2. The van der Waals surface area contributed by atoms with Gasteiger partial charge in [0.15, 0.2) is 0 Å². The monoisotopic (exact) mass is 281 g/mol. The number of hydrogen-bond donors (Lipinski definition) is 2. The van der Waals surface area contributed by atoms with Gasteiger partial charge in [0.05, 0.1) is 11.7 Å². The number of hydrogen-bond acceptors (Lipinski definition) is 3. The van der Waals surface area contributed by atoms with Crippen molar-refractivity contribution in [1.82, 2.24) is 0 Å². The molecule has 0 fully saturated rings. The maximum atomic E-state index is 11.7. The first-order valence-electron chi connectivity index (χ1n) is 6.08. The summed E-state index contributed by atoms with van der Waals surface area (Å²) in [5.74, 6) is -0.656. The Hall–Kier alpha value is -1.49. The van der Waals surface area contributed by atoms with Gasteiger partial charge in [-0.3, -0.25) is 9.59 Å². The highest BCUT2D eigenvalue weighted by molar-refractivity contribution is 8.00. The molecule has 1 amide bonds. The first-order chi connectivity index (χ1) is 8.90. The smallest absolute Gasteiger partial charge is 0.307 e. The summed E-state index contributed by atoms with van der Waals surface area (Å²) in [6, 6.07) is 5.84. The van der Waals surface area contributed by atoms with Gasteiger partial charge in [-0.25, -0.2) is 0 Å². The number of carboxylic acid groups (broad SMARTS) is 1. The minimum absolute atomic E-state index is 0.102. The van der Waals surface area contributed by atoms with Gasteiger partial charge in [0.1, 0.15) is 0 Å². The minimum Gasteiger partial charge on any atom is -0.481 e. The quantitative estimate of drug-likeness (QED) is 0.841. The van der Waals surface area contributed by atoms with E-state index in [0.717, 1.165) is 16.8 Å². The molecule has 1 atom stereocenters. The lowest BCUT2D eigenvalue weighted by Gasteiger charge is -2.09. The normalized spacial score (nSPS) is 11.9. The van der Waals surface area contributed by atoms with Crippen LogP contribution in [0.15, 0.2) is 18.2 Å². The van der Waals surface area contributed by atoms with Gasteiger partial charge >= 0.3 is 5.97 Å². The average Bonchev–Trinajstić information content (AvgIpc) is 2.32. The number of rotatable bonds is 6. The molecule has 0 spiro atoms. The third-order valence-corrected chi connectivity index (χ3v) is 3.88. The number of aryl methyl sites for hydroxylation is 2. The first-order valence-corrected chi connectivity index (χ1v) is 7.23. The number of amides is 1. The number of thioether (sulfide) groups is 1. The van der Waals surface area contributed by atoms with Gasteiger partial charge in [-0.2, -0.15) is 11.8 Å². The molecule has 19 heavy (non-hydrogen) atoms. The van der Waals surface area contributed by atoms with Crippen molar-refractivity contribution in [2.45, 2.75) is 20.8 Å². The second-order valence-corrected chi connectivity index (χ2v) is 5.65. The molecule has 1 rings (SSSR count). The van der Waals surface area contributed by atoms with E-state index in [1.807, 2.05) is 32.0 Å². The van der Waals surface area contributed by atoms with Crippen LogP contribution in [-0.2, 0) is 9.59 Å². The molecule has 0 saturated heterocycles. The average molecular weight is 281 g/mol. The largest absolute Gasteiger partial charge is 0.481 e. The number of benzene rings is 1. The summed E-state index contributed by atoms with van der Waals surface area (Å²) in [7, 11) is 0. The van der Waals surface area contributed by atoms with Crippen LogP contribution in [0.3, 0.4) is 0 Å². The highest BCUT2D eigenvalue weighted by Gasteiger charge is 2.12. The fourth-order valence-electron chi connectivity index (χ4n) is 1.54. The highest BCUT2D eigenvalue weighted by Crippen LogP contribution is 2.16. The van der Waals surface area contributed by atoms with E-state index in [9.17, 15) is 9.59 Å². The number of anilines is 1. The fraction of sp³-hybridized carbons (Fsp3) is 0.429. The molecule has 0 aliphatic carbocycles. The Kier molecular flexibility index (Phi) is 5.89. The third-order valence-electron chi connectivity index (χ3n) is 2.68. The van der Waals surface area contributed by atoms with Crippen molar-refractivity contribution in [2.24, 2.45) is 5.92 Å². The van der Waals surface area contributed by atoms with E-state index in [4.69, 9.17) is 5.11 Å². The molecule has 5 heteroatoms. The van der Waals surface area contributed by atoms with E-state index in [2.05, 4.69) is 5.32 Å². The SMILES string of the molecule is Cc1ccc(NC(=O)CSCC(C)C(=O)O)c(C)c1. The predicted molar refractivity (Wildman–Crippen MR) is 78.7 cm³/mol. The van der Waals surface area contributed by atoms with Crippen LogP contribution in [0.2, 0.25) is 0 Å². The maximum absolute atomic E-state index is 11.7. The molecule has 4 nitrogen and oxygen atoms in total. The molecule has 0 saturated carbocycles. The van der Waals surface area contributed by atoms with Crippen molar-refractivity contribution in [3.05, 3.63) is 29.3 Å². The lowest BCUT2D eigenvalue weighted by molar-refractivity contribution is -0.140. The van der Waals surface area contributed by atoms with Crippen molar-refractivity contribution in [3.63, 3.8) is 0 Å². The van der Waals surface area contributed by atoms with Crippen LogP contribution in [0.4, 0.5) is 5.69 Å². The molecule has 104 valence electrons. The zero-order chi connectivity index (χ0) is 14.4. The number of carbonyl (C=O) groups is 2. The molecule has 0 aromatic heterocycles. The Bertz CT molecular complexity index is 474. The van der Waals surface area contributed by atoms with Crippen molar-refractivity contribution >= 4 is 29.3 Å². The molecule has 1 aromatic rings. The molecule has 2 N–H and O–H groups in total. The molecule has 0 radical (unpaired) electrons. The van der Waals surface area contributed by atoms with Gasteiger partial charge in [0, 0.05) is 11.4 Å². The van der Waals surface area contributed by atoms with Crippen molar-refractivity contribution in [3.8, 4) is 0 Å². The molecular formula is C14H19NO3S. The standard InChI is InChI=1S/C14H19NO3S/c1-9-4-5-12(10(2)6-9)15-13(16)8-19-7-11(3)14(17)18/h4-6,11H,7-8H2,1-3H3,(H,15,16)(H,17,18). The van der Waals surface area contributed by atoms with Gasteiger partial charge in [-0.15, -0.1) is 0 Å². The maximum Gasteiger partial charge on any atom is 0.307 e. The lowest BCUT2D eigenvalue weighted by atomic mass is 10.1. The van der Waals surface area contributed by atoms with Crippen LogP contribution in [0.1, 0.15) is 18.1 Å². The van der Waals surface area contributed by atoms with Crippen LogP contribution < -0.4 is 5.32 Å². The van der Waals surface area contributed by atoms with Crippen molar-refractivity contribution in [1.29, 1.82) is 0 Å². The molecule has 1 aromatic carbocycles. The fourth-order valence-corrected chi connectivity index (χ4v) is 2.41. The Morgan fingerprint density at radius 3 is 2.63 bits per heavy atom. The minimum atomic E-state index is -0.831. The Labute approximate surface area is 117 Å². The van der Waals surface area contributed by atoms with E-state index in [-0.39, 0.29) is 11.7 Å². The van der Waals surface area contributed by atoms with Crippen molar-refractivity contribution in [2.75, 3.05) is 16.8 Å². The Morgan fingerprint density at radius 1 is 1.37 bits per heavy atom. The molecule has 1 unspecified atom stereocenters. The summed E-state index contributed by atoms with van der Waals surface area (Å²) >= 11 is 1.33. The van der Waals surface area contributed by atoms with Crippen LogP contribution in [0.5, 0.6) is 0 Å². The molecule has 0 aliphatic rings. The van der Waals surface area contributed by atoms with Crippen molar-refractivity contribution < 1.29 is 14.7 Å². The van der Waals surface area contributed by atoms with Gasteiger partial charge in [-0.1, -0.05) is 24.6 Å². The van der Waals surface area contributed by atoms with Gasteiger partial charge < -0.3 is 10.4 Å². The lowest BCUT2D eigenvalue weighted by Crippen LogP contribution is -2.17. The summed E-state index contributed by atoms with van der Waals surface area (Å²) in [6.07, 6.45) is 0. The molecular weight excluding hydrogens is 262 g/mol. The van der Waals surface area contributed by atoms with E-state index in [0.29, 0.717) is 5.75 Å². The summed E-state index contributed by atoms with van der Waals surface area (Å²) in [5, 5.41) is 11.6. The van der Waals surface area contributed by atoms with Crippen LogP contribution in [0.25, 0.3) is 0 Å². The topological polar surface area (TPSA) is 66.4 Å². The number of carbonyl (C=O) groups excluding carboxylic acids is 1. The number of carboxylic acids is 1. The van der Waals surface area contributed by atoms with Crippen LogP contribution in [-0.4, -0.2) is 28.5 Å². The van der Waals surface area contributed by atoms with Gasteiger partial charge in [0.2, 0.25) is 5.91 Å². The van der Waals surface area contributed by atoms with Gasteiger partial charge in [-0.05, 0) is 25.5 Å². The highest BCUT2D eigenvalue weighted by atomic mass is 32.2. The Balaban J connectivity index is 2.41. The molecule has 0 bridgehead atoms. The number of nitrogens with one attached hydrogen (secondary N) is 1. The van der Waals surface area contributed by atoms with E-state index < -0.39 is 11.9 Å². The van der Waals surface area contributed by atoms with Crippen LogP contribution >= 0.6 is 11.8 Å². The van der Waals surface area contributed by atoms with Gasteiger partial charge in [0.25, 0.3) is 0 Å². The second kappa shape index (κ2) is 7.19. The van der Waals surface area contributed by atoms with E-state index in [1.54, 1.807) is 6.92 Å². The second-order valence-electron chi connectivity index (χ2n) is 4.62. The summed E-state index contributed by atoms with van der Waals surface area (Å²) in [4.78, 5) is 22.4. The Morgan fingerprint density at radius 2 is 2.05 bits per heavy atom. The number of aliphatic carboxylic acids is 1. The van der Waals surface area contributed by atoms with Crippen LogP contribution in [0, 0.1) is 19.8 Å². The third kappa shape index (κ3) is 5.34. The summed E-state index contributed by atoms with van der Waals surface area (Å²) in [5.41, 5.74) is 2.99. The van der Waals surface area contributed by atoms with E-state index in [1.165, 1.54) is 11.8 Å². The predicted octanol–water partition coefficient (Wildman–Crippen LogP) is 2.70. The van der Waals surface area contributed by atoms with E-state index >= 15 is 0 Å².